The zero-order valence-electron chi connectivity index (χ0n) is 12.1. The van der Waals surface area contributed by atoms with Crippen LogP contribution in [0.25, 0.3) is 0 Å². The first-order valence-electron chi connectivity index (χ1n) is 7.10. The van der Waals surface area contributed by atoms with Gasteiger partial charge in [-0.1, -0.05) is 24.3 Å². The highest BCUT2D eigenvalue weighted by Crippen LogP contribution is 2.36. The molecule has 0 bridgehead atoms. The molecular formula is C17H21N3. The molecule has 0 saturated carbocycles. The van der Waals surface area contributed by atoms with Gasteiger partial charge in [-0.25, -0.2) is 0 Å². The summed E-state index contributed by atoms with van der Waals surface area (Å²) >= 11 is 0. The molecule has 0 spiro atoms. The van der Waals surface area contributed by atoms with Crippen LogP contribution >= 0.6 is 0 Å². The van der Waals surface area contributed by atoms with E-state index in [1.165, 1.54) is 22.6 Å². The number of benzene rings is 2. The van der Waals surface area contributed by atoms with Crippen LogP contribution in [0.3, 0.4) is 0 Å². The van der Waals surface area contributed by atoms with Gasteiger partial charge in [0, 0.05) is 31.9 Å². The lowest BCUT2D eigenvalue weighted by Gasteiger charge is -2.37. The highest BCUT2D eigenvalue weighted by atomic mass is 15.3. The van der Waals surface area contributed by atoms with Crippen molar-refractivity contribution in [3.63, 3.8) is 0 Å². The number of nitrogens with zero attached hydrogens (tertiary/aromatic N) is 2. The molecule has 2 N–H and O–H groups in total. The molecule has 0 aromatic heterocycles. The summed E-state index contributed by atoms with van der Waals surface area (Å²) in [5, 5.41) is 0. The van der Waals surface area contributed by atoms with Crippen molar-refractivity contribution >= 4 is 17.1 Å². The molecule has 1 heterocycles. The molecule has 1 aliphatic heterocycles. The van der Waals surface area contributed by atoms with Gasteiger partial charge in [0.2, 0.25) is 0 Å². The summed E-state index contributed by atoms with van der Waals surface area (Å²) in [6.07, 6.45) is 0. The van der Waals surface area contributed by atoms with E-state index in [1.807, 2.05) is 6.92 Å². The lowest BCUT2D eigenvalue weighted by molar-refractivity contribution is 0.811. The number of para-hydroxylation sites is 2. The third-order valence-corrected chi connectivity index (χ3v) is 3.97. The molecule has 0 aliphatic carbocycles. The molecule has 2 aromatic rings. The Morgan fingerprint density at radius 1 is 0.950 bits per heavy atom. The van der Waals surface area contributed by atoms with E-state index in [0.29, 0.717) is 0 Å². The predicted molar refractivity (Wildman–Crippen MR) is 85.8 cm³/mol. The molecule has 0 saturated heterocycles. The molecule has 2 aromatic carbocycles. The summed E-state index contributed by atoms with van der Waals surface area (Å²) in [5.74, 6) is 0. The molecule has 3 nitrogen and oxygen atoms in total. The van der Waals surface area contributed by atoms with Crippen LogP contribution in [0, 0.1) is 0 Å². The van der Waals surface area contributed by atoms with Crippen LogP contribution in [0.2, 0.25) is 0 Å². The fraction of sp³-hybridized carbons (Fsp3) is 0.294. The topological polar surface area (TPSA) is 32.5 Å². The van der Waals surface area contributed by atoms with Gasteiger partial charge in [0.1, 0.15) is 0 Å². The zero-order chi connectivity index (χ0) is 14.1. The minimum atomic E-state index is 0.0869. The second kappa shape index (κ2) is 5.17. The first kappa shape index (κ1) is 13.0. The van der Waals surface area contributed by atoms with Crippen molar-refractivity contribution in [1.29, 1.82) is 0 Å². The first-order valence-corrected chi connectivity index (χ1v) is 7.10. The second-order valence-corrected chi connectivity index (χ2v) is 5.44. The Kier molecular flexibility index (Phi) is 3.36. The summed E-state index contributed by atoms with van der Waals surface area (Å²) in [6.45, 7) is 4.05. The fourth-order valence-corrected chi connectivity index (χ4v) is 2.73. The largest absolute Gasteiger partial charge is 0.371 e. The van der Waals surface area contributed by atoms with Gasteiger partial charge < -0.3 is 15.5 Å². The summed E-state index contributed by atoms with van der Waals surface area (Å²) < 4.78 is 0. The highest BCUT2D eigenvalue weighted by Gasteiger charge is 2.20. The van der Waals surface area contributed by atoms with Crippen molar-refractivity contribution in [2.45, 2.75) is 13.0 Å². The van der Waals surface area contributed by atoms with Crippen LogP contribution in [0.4, 0.5) is 17.1 Å². The van der Waals surface area contributed by atoms with E-state index in [1.54, 1.807) is 0 Å². The number of rotatable bonds is 2. The molecule has 0 fully saturated rings. The Labute approximate surface area is 120 Å². The van der Waals surface area contributed by atoms with E-state index in [-0.39, 0.29) is 6.04 Å². The van der Waals surface area contributed by atoms with Crippen molar-refractivity contribution in [3.8, 4) is 0 Å². The van der Waals surface area contributed by atoms with Gasteiger partial charge in [0.25, 0.3) is 0 Å². The number of anilines is 3. The maximum absolute atomic E-state index is 5.92. The Morgan fingerprint density at radius 2 is 1.60 bits per heavy atom. The van der Waals surface area contributed by atoms with Crippen molar-refractivity contribution < 1.29 is 0 Å². The van der Waals surface area contributed by atoms with E-state index in [2.05, 4.69) is 65.4 Å². The minimum absolute atomic E-state index is 0.0869. The monoisotopic (exact) mass is 267 g/mol. The molecule has 3 heteroatoms. The van der Waals surface area contributed by atoms with Crippen molar-refractivity contribution in [2.24, 2.45) is 5.73 Å². The molecule has 0 unspecified atom stereocenters. The van der Waals surface area contributed by atoms with Crippen LogP contribution in [0.5, 0.6) is 0 Å². The summed E-state index contributed by atoms with van der Waals surface area (Å²) in [4.78, 5) is 4.68. The predicted octanol–water partition coefficient (Wildman–Crippen LogP) is 3.29. The number of fused-ring (bicyclic) bond motifs is 1. The van der Waals surface area contributed by atoms with E-state index in [9.17, 15) is 0 Å². The molecule has 20 heavy (non-hydrogen) atoms. The van der Waals surface area contributed by atoms with Crippen LogP contribution in [0.1, 0.15) is 18.5 Å². The maximum Gasteiger partial charge on any atom is 0.0649 e. The number of hydrogen-bond donors (Lipinski definition) is 1. The van der Waals surface area contributed by atoms with Gasteiger partial charge in [0.05, 0.1) is 11.4 Å². The summed E-state index contributed by atoms with van der Waals surface area (Å²) in [6, 6.07) is 17.2. The third-order valence-electron chi connectivity index (χ3n) is 3.97. The van der Waals surface area contributed by atoms with Gasteiger partial charge in [-0.2, -0.15) is 0 Å². The normalized spacial score (nSPS) is 15.9. The van der Waals surface area contributed by atoms with Crippen molar-refractivity contribution in [3.05, 3.63) is 54.1 Å². The van der Waals surface area contributed by atoms with Crippen molar-refractivity contribution in [2.75, 3.05) is 29.9 Å². The third kappa shape index (κ3) is 2.25. The van der Waals surface area contributed by atoms with E-state index < -0.39 is 0 Å². The molecule has 0 radical (unpaired) electrons. The highest BCUT2D eigenvalue weighted by molar-refractivity contribution is 5.79. The Morgan fingerprint density at radius 3 is 2.25 bits per heavy atom. The van der Waals surface area contributed by atoms with Gasteiger partial charge in [-0.05, 0) is 36.8 Å². The molecule has 104 valence electrons. The van der Waals surface area contributed by atoms with Gasteiger partial charge >= 0.3 is 0 Å². The zero-order valence-corrected chi connectivity index (χ0v) is 12.1. The van der Waals surface area contributed by atoms with E-state index >= 15 is 0 Å². The standard InChI is InChI=1S/C17H21N3/c1-13(18)14-7-9-15(10-8-14)20-12-11-19(2)16-5-3-4-6-17(16)20/h3-10,13H,11-12,18H2,1-2H3/t13-/m1/s1. The number of hydrogen-bond acceptors (Lipinski definition) is 3. The number of nitrogens with two attached hydrogens (primary N) is 1. The van der Waals surface area contributed by atoms with Gasteiger partial charge in [-0.15, -0.1) is 0 Å². The first-order chi connectivity index (χ1) is 9.66. The molecule has 1 atom stereocenters. The second-order valence-electron chi connectivity index (χ2n) is 5.44. The smallest absolute Gasteiger partial charge is 0.0649 e. The summed E-state index contributed by atoms with van der Waals surface area (Å²) in [5.41, 5.74) is 10.9. The Balaban J connectivity index is 1.97. The van der Waals surface area contributed by atoms with E-state index in [0.717, 1.165) is 13.1 Å². The average molecular weight is 267 g/mol. The molecule has 0 amide bonds. The molecule has 3 rings (SSSR count). The number of likely N-dealkylation sites (N-methyl/N-ethyl adjacent to an activating group) is 1. The van der Waals surface area contributed by atoms with Crippen LogP contribution < -0.4 is 15.5 Å². The fourth-order valence-electron chi connectivity index (χ4n) is 2.73. The van der Waals surface area contributed by atoms with Crippen molar-refractivity contribution in [1.82, 2.24) is 0 Å². The van der Waals surface area contributed by atoms with E-state index in [4.69, 9.17) is 5.73 Å². The van der Waals surface area contributed by atoms with Crippen LogP contribution in [-0.4, -0.2) is 20.1 Å². The lowest BCUT2D eigenvalue weighted by atomic mass is 10.1. The maximum atomic E-state index is 5.92. The van der Waals surface area contributed by atoms with Crippen LogP contribution in [-0.2, 0) is 0 Å². The Hall–Kier alpha value is -2.00. The average Bonchev–Trinajstić information content (AvgIpc) is 2.48. The Bertz CT molecular complexity index is 589. The summed E-state index contributed by atoms with van der Waals surface area (Å²) in [7, 11) is 2.15. The minimum Gasteiger partial charge on any atom is -0.371 e. The van der Waals surface area contributed by atoms with Gasteiger partial charge in [0.15, 0.2) is 0 Å². The quantitative estimate of drug-likeness (QED) is 0.906. The lowest BCUT2D eigenvalue weighted by Crippen LogP contribution is -2.36. The molecular weight excluding hydrogens is 246 g/mol. The van der Waals surface area contributed by atoms with Crippen LogP contribution in [0.15, 0.2) is 48.5 Å². The molecule has 1 aliphatic rings. The van der Waals surface area contributed by atoms with Gasteiger partial charge in [-0.3, -0.25) is 0 Å². The SMILES string of the molecule is C[C@@H](N)c1ccc(N2CCN(C)c3ccccc32)cc1.